The molecule has 3 unspecified atom stereocenters. The van der Waals surface area contributed by atoms with E-state index >= 15 is 0 Å². The summed E-state index contributed by atoms with van der Waals surface area (Å²) in [6, 6.07) is 0.390. The lowest BCUT2D eigenvalue weighted by atomic mass is 10.00. The number of carbonyl (C=O) groups is 1. The molecule has 0 spiro atoms. The molecule has 3 atom stereocenters. The van der Waals surface area contributed by atoms with Crippen LogP contribution in [0.5, 0.6) is 0 Å². The Morgan fingerprint density at radius 1 is 1.50 bits per heavy atom. The van der Waals surface area contributed by atoms with Gasteiger partial charge in [-0.15, -0.1) is 0 Å². The van der Waals surface area contributed by atoms with Crippen molar-refractivity contribution < 1.29 is 4.79 Å². The van der Waals surface area contributed by atoms with E-state index < -0.39 is 0 Å². The van der Waals surface area contributed by atoms with Crippen LogP contribution in [0.15, 0.2) is 0 Å². The van der Waals surface area contributed by atoms with Crippen LogP contribution in [0.1, 0.15) is 46.0 Å². The Morgan fingerprint density at radius 2 is 2.19 bits per heavy atom. The van der Waals surface area contributed by atoms with Crippen LogP contribution in [-0.4, -0.2) is 30.4 Å². The van der Waals surface area contributed by atoms with E-state index in [0.717, 1.165) is 12.8 Å². The van der Waals surface area contributed by atoms with Gasteiger partial charge in [0.2, 0.25) is 5.91 Å². The molecular formula is C13H26N2O. The minimum atomic E-state index is 0.291. The lowest BCUT2D eigenvalue weighted by molar-refractivity contribution is -0.133. The predicted octanol–water partition coefficient (Wildman–Crippen LogP) is 2.01. The molecule has 0 aromatic rings. The molecule has 1 saturated carbocycles. The molecule has 3 nitrogen and oxygen atoms in total. The molecule has 0 radical (unpaired) electrons. The fourth-order valence-electron chi connectivity index (χ4n) is 2.57. The lowest BCUT2D eigenvalue weighted by Crippen LogP contribution is -2.41. The third-order valence-electron chi connectivity index (χ3n) is 4.03. The topological polar surface area (TPSA) is 46.3 Å². The normalized spacial score (nSPS) is 26.8. The number of nitrogens with two attached hydrogens (primary N) is 1. The van der Waals surface area contributed by atoms with Gasteiger partial charge in [0.1, 0.15) is 0 Å². The van der Waals surface area contributed by atoms with Gasteiger partial charge in [0.25, 0.3) is 0 Å². The summed E-state index contributed by atoms with van der Waals surface area (Å²) >= 11 is 0. The summed E-state index contributed by atoms with van der Waals surface area (Å²) < 4.78 is 0. The van der Waals surface area contributed by atoms with Gasteiger partial charge < -0.3 is 10.6 Å². The third-order valence-corrected chi connectivity index (χ3v) is 4.03. The second-order valence-electron chi connectivity index (χ2n) is 5.22. The molecule has 0 aromatic heterocycles. The smallest absolute Gasteiger partial charge is 0.222 e. The highest BCUT2D eigenvalue weighted by atomic mass is 16.2. The van der Waals surface area contributed by atoms with E-state index in [1.54, 1.807) is 0 Å². The minimum absolute atomic E-state index is 0.291. The summed E-state index contributed by atoms with van der Waals surface area (Å²) in [5, 5.41) is 0. The number of hydrogen-bond donors (Lipinski definition) is 1. The third kappa shape index (κ3) is 3.21. The Morgan fingerprint density at radius 3 is 2.75 bits per heavy atom. The quantitative estimate of drug-likeness (QED) is 0.779. The van der Waals surface area contributed by atoms with Gasteiger partial charge in [-0.2, -0.15) is 0 Å². The molecule has 94 valence electrons. The average molecular weight is 226 g/mol. The van der Waals surface area contributed by atoms with Crippen LogP contribution in [0, 0.1) is 11.8 Å². The predicted molar refractivity (Wildman–Crippen MR) is 67.0 cm³/mol. The van der Waals surface area contributed by atoms with E-state index in [0.29, 0.717) is 36.8 Å². The summed E-state index contributed by atoms with van der Waals surface area (Å²) in [4.78, 5) is 14.0. The van der Waals surface area contributed by atoms with Crippen molar-refractivity contribution in [3.05, 3.63) is 0 Å². The SMILES string of the molecule is CCC(C)CC(=O)N(C)C1CCCC1CN. The number of nitrogens with zero attached hydrogens (tertiary/aromatic N) is 1. The van der Waals surface area contributed by atoms with Crippen LogP contribution in [-0.2, 0) is 4.79 Å². The van der Waals surface area contributed by atoms with Gasteiger partial charge in [-0.1, -0.05) is 26.7 Å². The van der Waals surface area contributed by atoms with E-state index in [9.17, 15) is 4.79 Å². The van der Waals surface area contributed by atoms with Gasteiger partial charge in [-0.3, -0.25) is 4.79 Å². The van der Waals surface area contributed by atoms with Gasteiger partial charge in [0.05, 0.1) is 0 Å². The summed E-state index contributed by atoms with van der Waals surface area (Å²) in [6.45, 7) is 4.99. The van der Waals surface area contributed by atoms with Crippen LogP contribution in [0.2, 0.25) is 0 Å². The molecule has 0 heterocycles. The molecule has 1 fully saturated rings. The fraction of sp³-hybridized carbons (Fsp3) is 0.923. The van der Waals surface area contributed by atoms with Crippen molar-refractivity contribution in [2.75, 3.05) is 13.6 Å². The zero-order valence-electron chi connectivity index (χ0n) is 10.9. The summed E-state index contributed by atoms with van der Waals surface area (Å²) in [7, 11) is 1.95. The summed E-state index contributed by atoms with van der Waals surface area (Å²) in [6.07, 6.45) is 5.28. The van der Waals surface area contributed by atoms with E-state index in [4.69, 9.17) is 5.73 Å². The maximum absolute atomic E-state index is 12.0. The van der Waals surface area contributed by atoms with Crippen molar-refractivity contribution in [1.82, 2.24) is 4.90 Å². The molecule has 1 aliphatic carbocycles. The maximum Gasteiger partial charge on any atom is 0.222 e. The molecule has 0 aliphatic heterocycles. The van der Waals surface area contributed by atoms with Crippen molar-refractivity contribution in [1.29, 1.82) is 0 Å². The Labute approximate surface area is 99.4 Å². The van der Waals surface area contributed by atoms with Gasteiger partial charge in [-0.05, 0) is 31.2 Å². The van der Waals surface area contributed by atoms with Gasteiger partial charge in [0, 0.05) is 19.5 Å². The molecule has 1 aliphatic rings. The second-order valence-corrected chi connectivity index (χ2v) is 5.22. The highest BCUT2D eigenvalue weighted by Crippen LogP contribution is 2.29. The number of carbonyl (C=O) groups excluding carboxylic acids is 1. The maximum atomic E-state index is 12.0. The largest absolute Gasteiger partial charge is 0.342 e. The van der Waals surface area contributed by atoms with E-state index in [-0.39, 0.29) is 0 Å². The zero-order valence-corrected chi connectivity index (χ0v) is 10.9. The van der Waals surface area contributed by atoms with Crippen molar-refractivity contribution in [3.63, 3.8) is 0 Å². The van der Waals surface area contributed by atoms with Gasteiger partial charge >= 0.3 is 0 Å². The Kier molecular flexibility index (Phi) is 5.26. The van der Waals surface area contributed by atoms with E-state index in [1.165, 1.54) is 12.8 Å². The van der Waals surface area contributed by atoms with Crippen LogP contribution >= 0.6 is 0 Å². The number of rotatable bonds is 5. The highest BCUT2D eigenvalue weighted by molar-refractivity contribution is 5.76. The molecule has 2 N–H and O–H groups in total. The Balaban J connectivity index is 2.49. The van der Waals surface area contributed by atoms with Crippen LogP contribution < -0.4 is 5.73 Å². The van der Waals surface area contributed by atoms with Crippen LogP contribution in [0.25, 0.3) is 0 Å². The molecule has 0 saturated heterocycles. The first-order valence-electron chi connectivity index (χ1n) is 6.55. The zero-order chi connectivity index (χ0) is 12.1. The van der Waals surface area contributed by atoms with Crippen molar-refractivity contribution in [2.45, 2.75) is 52.0 Å². The second kappa shape index (κ2) is 6.24. The molecule has 0 aromatic carbocycles. The minimum Gasteiger partial charge on any atom is -0.342 e. The molecular weight excluding hydrogens is 200 g/mol. The molecule has 0 bridgehead atoms. The number of hydrogen-bond acceptors (Lipinski definition) is 2. The lowest BCUT2D eigenvalue weighted by Gasteiger charge is -2.30. The van der Waals surface area contributed by atoms with Gasteiger partial charge in [0.15, 0.2) is 0 Å². The first kappa shape index (κ1) is 13.5. The van der Waals surface area contributed by atoms with Crippen LogP contribution in [0.4, 0.5) is 0 Å². The first-order chi connectivity index (χ1) is 7.60. The van der Waals surface area contributed by atoms with Crippen molar-refractivity contribution >= 4 is 5.91 Å². The molecule has 16 heavy (non-hydrogen) atoms. The monoisotopic (exact) mass is 226 g/mol. The highest BCUT2D eigenvalue weighted by Gasteiger charge is 2.31. The van der Waals surface area contributed by atoms with Gasteiger partial charge in [-0.25, -0.2) is 0 Å². The average Bonchev–Trinajstić information content (AvgIpc) is 2.75. The Hall–Kier alpha value is -0.570. The van der Waals surface area contributed by atoms with Crippen molar-refractivity contribution in [2.24, 2.45) is 17.6 Å². The first-order valence-corrected chi connectivity index (χ1v) is 6.55. The molecule has 1 amide bonds. The fourth-order valence-corrected chi connectivity index (χ4v) is 2.57. The number of amides is 1. The molecule has 1 rings (SSSR count). The Bertz CT molecular complexity index is 230. The van der Waals surface area contributed by atoms with Crippen molar-refractivity contribution in [3.8, 4) is 0 Å². The molecule has 3 heteroatoms. The van der Waals surface area contributed by atoms with E-state index in [2.05, 4.69) is 13.8 Å². The summed E-state index contributed by atoms with van der Waals surface area (Å²) in [5.74, 6) is 1.30. The van der Waals surface area contributed by atoms with E-state index in [1.807, 2.05) is 11.9 Å². The summed E-state index contributed by atoms with van der Waals surface area (Å²) in [5.41, 5.74) is 5.75. The van der Waals surface area contributed by atoms with Crippen LogP contribution in [0.3, 0.4) is 0 Å². The standard InChI is InChI=1S/C13H26N2O/c1-4-10(2)8-13(16)15(3)12-7-5-6-11(12)9-14/h10-12H,4-9,14H2,1-3H3.